The molecule has 0 spiro atoms. The molecule has 0 aromatic rings. The van der Waals surface area contributed by atoms with E-state index in [4.69, 9.17) is 4.99 Å². The Morgan fingerprint density at radius 3 is 2.47 bits per heavy atom. The minimum absolute atomic E-state index is 0.679. The number of thioether (sulfide) groups is 1. The fraction of sp³-hybridized carbons (Fsp3) is 0.929. The fourth-order valence-electron chi connectivity index (χ4n) is 3.42. The lowest BCUT2D eigenvalue weighted by Gasteiger charge is -2.32. The van der Waals surface area contributed by atoms with Crippen molar-refractivity contribution < 1.29 is 0 Å². The summed E-state index contributed by atoms with van der Waals surface area (Å²) in [7, 11) is 0. The third-order valence-corrected chi connectivity index (χ3v) is 5.64. The van der Waals surface area contributed by atoms with Crippen molar-refractivity contribution in [2.75, 3.05) is 6.54 Å². The van der Waals surface area contributed by atoms with E-state index in [0.717, 1.165) is 29.5 Å². The predicted octanol–water partition coefficient (Wildman–Crippen LogP) is 3.28. The molecular formula is C14H24N2S. The normalized spacial score (nSPS) is 42.4. The van der Waals surface area contributed by atoms with Gasteiger partial charge in [-0.1, -0.05) is 25.6 Å². The Balaban J connectivity index is 1.49. The molecule has 17 heavy (non-hydrogen) atoms. The molecular weight excluding hydrogens is 228 g/mol. The van der Waals surface area contributed by atoms with Crippen LogP contribution in [0.15, 0.2) is 4.99 Å². The first kappa shape index (κ1) is 11.9. The van der Waals surface area contributed by atoms with Crippen molar-refractivity contribution in [2.24, 2.45) is 22.7 Å². The molecule has 3 heteroatoms. The van der Waals surface area contributed by atoms with Crippen molar-refractivity contribution in [3.8, 4) is 0 Å². The lowest BCUT2D eigenvalue weighted by atomic mass is 9.80. The maximum absolute atomic E-state index is 4.69. The molecule has 0 saturated heterocycles. The quantitative estimate of drug-likeness (QED) is 0.815. The highest BCUT2D eigenvalue weighted by Gasteiger charge is 2.36. The van der Waals surface area contributed by atoms with Crippen LogP contribution in [0.25, 0.3) is 0 Å². The zero-order valence-corrected chi connectivity index (χ0v) is 11.8. The largest absolute Gasteiger partial charge is 0.362 e. The van der Waals surface area contributed by atoms with Gasteiger partial charge < -0.3 is 5.32 Å². The Morgan fingerprint density at radius 2 is 1.82 bits per heavy atom. The van der Waals surface area contributed by atoms with Crippen molar-refractivity contribution in [2.45, 2.75) is 57.2 Å². The van der Waals surface area contributed by atoms with Crippen LogP contribution < -0.4 is 5.32 Å². The van der Waals surface area contributed by atoms with Gasteiger partial charge in [0.05, 0.1) is 6.54 Å². The van der Waals surface area contributed by atoms with E-state index in [9.17, 15) is 0 Å². The predicted molar refractivity (Wildman–Crippen MR) is 75.5 cm³/mol. The van der Waals surface area contributed by atoms with Gasteiger partial charge in [-0.25, -0.2) is 0 Å². The van der Waals surface area contributed by atoms with E-state index in [2.05, 4.69) is 19.2 Å². The van der Waals surface area contributed by atoms with E-state index in [1.54, 1.807) is 0 Å². The van der Waals surface area contributed by atoms with Gasteiger partial charge in [0, 0.05) is 11.3 Å². The number of hydrogen-bond donors (Lipinski definition) is 1. The lowest BCUT2D eigenvalue weighted by Crippen LogP contribution is -2.38. The van der Waals surface area contributed by atoms with Crippen LogP contribution in [0.2, 0.25) is 0 Å². The van der Waals surface area contributed by atoms with Gasteiger partial charge in [0.15, 0.2) is 5.17 Å². The summed E-state index contributed by atoms with van der Waals surface area (Å²) in [6.07, 6.45) is 6.95. The van der Waals surface area contributed by atoms with Crippen LogP contribution in [-0.4, -0.2) is 23.0 Å². The summed E-state index contributed by atoms with van der Waals surface area (Å²) < 4.78 is 0. The minimum atomic E-state index is 0.679. The second-order valence-corrected chi connectivity index (χ2v) is 7.63. The topological polar surface area (TPSA) is 24.4 Å². The van der Waals surface area contributed by atoms with Crippen molar-refractivity contribution >= 4 is 16.9 Å². The van der Waals surface area contributed by atoms with Crippen LogP contribution in [0, 0.1) is 17.8 Å². The highest BCUT2D eigenvalue weighted by Crippen LogP contribution is 2.41. The summed E-state index contributed by atoms with van der Waals surface area (Å²) in [6, 6.07) is 0.679. The summed E-state index contributed by atoms with van der Waals surface area (Å²) in [5, 5.41) is 5.75. The molecule has 3 atom stereocenters. The Kier molecular flexibility index (Phi) is 3.38. The number of amidine groups is 1. The third-order valence-electron chi connectivity index (χ3n) is 4.33. The molecule has 2 saturated carbocycles. The van der Waals surface area contributed by atoms with Crippen molar-refractivity contribution in [3.05, 3.63) is 0 Å². The minimum Gasteiger partial charge on any atom is -0.362 e. The summed E-state index contributed by atoms with van der Waals surface area (Å²) in [6.45, 7) is 5.84. The van der Waals surface area contributed by atoms with Gasteiger partial charge >= 0.3 is 0 Å². The number of rotatable bonds is 2. The van der Waals surface area contributed by atoms with Gasteiger partial charge in [-0.05, 0) is 49.9 Å². The molecule has 0 amide bonds. The van der Waals surface area contributed by atoms with Crippen molar-refractivity contribution in [3.63, 3.8) is 0 Å². The molecule has 2 aliphatic carbocycles. The Morgan fingerprint density at radius 1 is 1.12 bits per heavy atom. The molecule has 1 heterocycles. The monoisotopic (exact) mass is 252 g/mol. The molecule has 0 radical (unpaired) electrons. The van der Waals surface area contributed by atoms with Gasteiger partial charge in [-0.3, -0.25) is 4.99 Å². The maximum atomic E-state index is 4.69. The average Bonchev–Trinajstić information content (AvgIpc) is 2.99. The van der Waals surface area contributed by atoms with Crippen molar-refractivity contribution in [1.82, 2.24) is 5.32 Å². The van der Waals surface area contributed by atoms with Gasteiger partial charge in [-0.2, -0.15) is 0 Å². The average molecular weight is 252 g/mol. The molecule has 3 unspecified atom stereocenters. The van der Waals surface area contributed by atoms with Gasteiger partial charge in [0.1, 0.15) is 0 Å². The summed E-state index contributed by atoms with van der Waals surface area (Å²) >= 11 is 2.02. The van der Waals surface area contributed by atoms with Gasteiger partial charge in [0.2, 0.25) is 0 Å². The zero-order chi connectivity index (χ0) is 11.8. The third kappa shape index (κ3) is 2.98. The highest BCUT2D eigenvalue weighted by atomic mass is 32.2. The molecule has 0 aromatic heterocycles. The number of hydrogen-bond acceptors (Lipinski definition) is 3. The van der Waals surface area contributed by atoms with E-state index >= 15 is 0 Å². The van der Waals surface area contributed by atoms with E-state index in [0.29, 0.717) is 6.04 Å². The van der Waals surface area contributed by atoms with E-state index in [-0.39, 0.29) is 0 Å². The van der Waals surface area contributed by atoms with Crippen molar-refractivity contribution in [1.29, 1.82) is 0 Å². The molecule has 1 aliphatic heterocycles. The Labute approximate surface area is 109 Å². The highest BCUT2D eigenvalue weighted by molar-refractivity contribution is 8.14. The van der Waals surface area contributed by atoms with Crippen LogP contribution in [0.3, 0.4) is 0 Å². The first-order valence-electron chi connectivity index (χ1n) is 7.18. The molecule has 2 fully saturated rings. The molecule has 96 valence electrons. The molecule has 0 bridgehead atoms. The van der Waals surface area contributed by atoms with Gasteiger partial charge in [-0.15, -0.1) is 0 Å². The number of aliphatic imine (C=N–C) groups is 1. The smallest absolute Gasteiger partial charge is 0.157 e. The first-order chi connectivity index (χ1) is 8.20. The summed E-state index contributed by atoms with van der Waals surface area (Å²) in [5.74, 6) is 2.73. The maximum Gasteiger partial charge on any atom is 0.157 e. The van der Waals surface area contributed by atoms with E-state index in [1.807, 2.05) is 11.8 Å². The molecule has 1 N–H and O–H groups in total. The lowest BCUT2D eigenvalue weighted by molar-refractivity contribution is 0.257. The van der Waals surface area contributed by atoms with Crippen LogP contribution in [0.4, 0.5) is 0 Å². The first-order valence-corrected chi connectivity index (χ1v) is 8.06. The number of nitrogens with one attached hydrogen (secondary N) is 1. The summed E-state index contributed by atoms with van der Waals surface area (Å²) in [5.41, 5.74) is 0. The Hall–Kier alpha value is -0.180. The van der Waals surface area contributed by atoms with E-state index < -0.39 is 0 Å². The summed E-state index contributed by atoms with van der Waals surface area (Å²) in [4.78, 5) is 4.69. The fourth-order valence-corrected chi connectivity index (χ4v) is 4.71. The molecule has 0 aromatic carbocycles. The van der Waals surface area contributed by atoms with Gasteiger partial charge in [0.25, 0.3) is 0 Å². The van der Waals surface area contributed by atoms with Crippen LogP contribution in [-0.2, 0) is 0 Å². The van der Waals surface area contributed by atoms with E-state index in [1.165, 1.54) is 37.3 Å². The molecule has 2 nitrogen and oxygen atoms in total. The van der Waals surface area contributed by atoms with Crippen LogP contribution >= 0.6 is 11.8 Å². The van der Waals surface area contributed by atoms with Crippen LogP contribution in [0.5, 0.6) is 0 Å². The number of nitrogens with zero attached hydrogens (tertiary/aromatic N) is 1. The second-order valence-electron chi connectivity index (χ2n) is 6.40. The Bertz CT molecular complexity index is 301. The SMILES string of the molecule is CC1CC(C)CC(NC2=NCC(C3CC3)S2)C1. The zero-order valence-electron chi connectivity index (χ0n) is 11.0. The molecule has 3 aliphatic rings. The van der Waals surface area contributed by atoms with Crippen LogP contribution in [0.1, 0.15) is 46.0 Å². The second kappa shape index (κ2) is 4.83. The molecule has 3 rings (SSSR count). The standard InChI is InChI=1S/C14H24N2S/c1-9-5-10(2)7-12(6-9)16-14-15-8-13(17-14)11-3-4-11/h9-13H,3-8H2,1-2H3,(H,15,16).